The minimum absolute atomic E-state index is 0.155. The Labute approximate surface area is 100.0 Å². The first-order chi connectivity index (χ1) is 8.19. The largest absolute Gasteiger partial charge is 0.480 e. The molecule has 0 saturated heterocycles. The van der Waals surface area contributed by atoms with Crippen molar-refractivity contribution in [1.29, 1.82) is 0 Å². The molecule has 0 bridgehead atoms. The fourth-order valence-corrected chi connectivity index (χ4v) is 1.21. The number of hydrogen-bond acceptors (Lipinski definition) is 3. The molecule has 4 nitrogen and oxygen atoms in total. The third kappa shape index (κ3) is 3.65. The second-order valence-electron chi connectivity index (χ2n) is 3.34. The van der Waals surface area contributed by atoms with Crippen molar-refractivity contribution in [3.8, 4) is 18.1 Å². The summed E-state index contributed by atoms with van der Waals surface area (Å²) < 4.78 is 5.38. The lowest BCUT2D eigenvalue weighted by molar-refractivity contribution is -0.127. The SMILES string of the molecule is C#CCNC(=O)C(C)Oc1ccccc1C=O. The fraction of sp³-hybridized carbons (Fsp3) is 0.231. The molecule has 0 radical (unpaired) electrons. The second kappa shape index (κ2) is 6.33. The smallest absolute Gasteiger partial charge is 0.261 e. The van der Waals surface area contributed by atoms with Crippen molar-refractivity contribution in [3.63, 3.8) is 0 Å². The number of para-hydroxylation sites is 1. The molecule has 0 aliphatic heterocycles. The van der Waals surface area contributed by atoms with Crippen LogP contribution in [0.25, 0.3) is 0 Å². The summed E-state index contributed by atoms with van der Waals surface area (Å²) in [5.74, 6) is 2.36. The number of terminal acetylenes is 1. The highest BCUT2D eigenvalue weighted by molar-refractivity contribution is 5.82. The average Bonchev–Trinajstić information content (AvgIpc) is 2.36. The summed E-state index contributed by atoms with van der Waals surface area (Å²) in [4.78, 5) is 22.2. The summed E-state index contributed by atoms with van der Waals surface area (Å²) in [5, 5.41) is 2.50. The van der Waals surface area contributed by atoms with Gasteiger partial charge in [-0.1, -0.05) is 18.1 Å². The van der Waals surface area contributed by atoms with Gasteiger partial charge < -0.3 is 10.1 Å². The molecule has 1 N–H and O–H groups in total. The van der Waals surface area contributed by atoms with Crippen molar-refractivity contribution in [3.05, 3.63) is 29.8 Å². The van der Waals surface area contributed by atoms with Gasteiger partial charge in [-0.15, -0.1) is 6.42 Å². The average molecular weight is 231 g/mol. The quantitative estimate of drug-likeness (QED) is 0.608. The van der Waals surface area contributed by atoms with E-state index in [1.54, 1.807) is 31.2 Å². The second-order valence-corrected chi connectivity index (χ2v) is 3.34. The van der Waals surface area contributed by atoms with Crippen LogP contribution in [-0.2, 0) is 4.79 Å². The van der Waals surface area contributed by atoms with E-state index in [0.717, 1.165) is 0 Å². The van der Waals surface area contributed by atoms with Gasteiger partial charge in [0.2, 0.25) is 0 Å². The van der Waals surface area contributed by atoms with E-state index < -0.39 is 6.10 Å². The van der Waals surface area contributed by atoms with Gasteiger partial charge in [0, 0.05) is 0 Å². The highest BCUT2D eigenvalue weighted by Gasteiger charge is 2.15. The van der Waals surface area contributed by atoms with E-state index in [2.05, 4.69) is 11.2 Å². The van der Waals surface area contributed by atoms with E-state index in [9.17, 15) is 9.59 Å². The van der Waals surface area contributed by atoms with Crippen molar-refractivity contribution in [2.24, 2.45) is 0 Å². The van der Waals surface area contributed by atoms with Gasteiger partial charge >= 0.3 is 0 Å². The van der Waals surface area contributed by atoms with Crippen LogP contribution in [0.5, 0.6) is 5.75 Å². The highest BCUT2D eigenvalue weighted by atomic mass is 16.5. The molecule has 1 aromatic carbocycles. The summed E-state index contributed by atoms with van der Waals surface area (Å²) in [5.41, 5.74) is 0.407. The Morgan fingerprint density at radius 2 is 2.29 bits per heavy atom. The summed E-state index contributed by atoms with van der Waals surface area (Å²) in [6.45, 7) is 1.75. The number of benzene rings is 1. The zero-order chi connectivity index (χ0) is 12.7. The monoisotopic (exact) mass is 231 g/mol. The Hall–Kier alpha value is -2.28. The Morgan fingerprint density at radius 1 is 1.59 bits per heavy atom. The van der Waals surface area contributed by atoms with Crippen LogP contribution in [-0.4, -0.2) is 24.8 Å². The first-order valence-corrected chi connectivity index (χ1v) is 5.11. The number of carbonyl (C=O) groups excluding carboxylic acids is 2. The standard InChI is InChI=1S/C13H13NO3/c1-3-8-14-13(16)10(2)17-12-7-5-4-6-11(12)9-15/h1,4-7,9-10H,8H2,2H3,(H,14,16). The zero-order valence-electron chi connectivity index (χ0n) is 9.47. The van der Waals surface area contributed by atoms with Crippen molar-refractivity contribution in [2.45, 2.75) is 13.0 Å². The molecule has 1 unspecified atom stereocenters. The molecule has 0 aromatic heterocycles. The number of aldehydes is 1. The topological polar surface area (TPSA) is 55.4 Å². The normalized spacial score (nSPS) is 11.1. The Kier molecular flexibility index (Phi) is 4.77. The van der Waals surface area contributed by atoms with E-state index in [-0.39, 0.29) is 12.5 Å². The van der Waals surface area contributed by atoms with Crippen LogP contribution in [0.1, 0.15) is 17.3 Å². The maximum atomic E-state index is 11.5. The molecule has 0 aliphatic carbocycles. The molecule has 0 saturated carbocycles. The highest BCUT2D eigenvalue weighted by Crippen LogP contribution is 2.17. The summed E-state index contributed by atoms with van der Waals surface area (Å²) >= 11 is 0. The molecule has 1 amide bonds. The van der Waals surface area contributed by atoms with E-state index >= 15 is 0 Å². The van der Waals surface area contributed by atoms with E-state index in [1.165, 1.54) is 0 Å². The summed E-state index contributed by atoms with van der Waals surface area (Å²) in [7, 11) is 0. The lowest BCUT2D eigenvalue weighted by Crippen LogP contribution is -2.36. The molecular weight excluding hydrogens is 218 g/mol. The Morgan fingerprint density at radius 3 is 2.94 bits per heavy atom. The lowest BCUT2D eigenvalue weighted by Gasteiger charge is -2.14. The minimum Gasteiger partial charge on any atom is -0.480 e. The van der Waals surface area contributed by atoms with Crippen molar-refractivity contribution in [1.82, 2.24) is 5.32 Å². The van der Waals surface area contributed by atoms with Crippen LogP contribution in [0.15, 0.2) is 24.3 Å². The van der Waals surface area contributed by atoms with Crippen LogP contribution in [0.4, 0.5) is 0 Å². The maximum Gasteiger partial charge on any atom is 0.261 e. The summed E-state index contributed by atoms with van der Waals surface area (Å²) in [6, 6.07) is 6.71. The van der Waals surface area contributed by atoms with Gasteiger partial charge in [-0.2, -0.15) is 0 Å². The van der Waals surface area contributed by atoms with Gasteiger partial charge in [0.1, 0.15) is 5.75 Å². The Bertz CT molecular complexity index is 448. The minimum atomic E-state index is -0.704. The number of ether oxygens (including phenoxy) is 1. The number of nitrogens with one attached hydrogen (secondary N) is 1. The number of rotatable bonds is 5. The molecule has 17 heavy (non-hydrogen) atoms. The van der Waals surface area contributed by atoms with E-state index in [4.69, 9.17) is 11.2 Å². The van der Waals surface area contributed by atoms with Crippen LogP contribution in [0.3, 0.4) is 0 Å². The van der Waals surface area contributed by atoms with Gasteiger partial charge in [-0.25, -0.2) is 0 Å². The number of amides is 1. The molecule has 0 aliphatic rings. The first kappa shape index (κ1) is 12.8. The molecule has 1 rings (SSSR count). The van der Waals surface area contributed by atoms with Crippen molar-refractivity contribution in [2.75, 3.05) is 6.54 Å². The lowest BCUT2D eigenvalue weighted by atomic mass is 10.2. The van der Waals surface area contributed by atoms with Gasteiger partial charge in [0.15, 0.2) is 12.4 Å². The third-order valence-electron chi connectivity index (χ3n) is 2.08. The van der Waals surface area contributed by atoms with Crippen LogP contribution < -0.4 is 10.1 Å². The Balaban J connectivity index is 2.67. The predicted molar refractivity (Wildman–Crippen MR) is 63.8 cm³/mol. The predicted octanol–water partition coefficient (Wildman–Crippen LogP) is 1.02. The number of carbonyl (C=O) groups is 2. The van der Waals surface area contributed by atoms with Crippen LogP contribution >= 0.6 is 0 Å². The fourth-order valence-electron chi connectivity index (χ4n) is 1.21. The summed E-state index contributed by atoms with van der Waals surface area (Å²) in [6.07, 6.45) is 5.00. The molecule has 1 atom stereocenters. The van der Waals surface area contributed by atoms with Crippen molar-refractivity contribution >= 4 is 12.2 Å². The third-order valence-corrected chi connectivity index (χ3v) is 2.08. The van der Waals surface area contributed by atoms with Gasteiger partial charge in [-0.3, -0.25) is 9.59 Å². The van der Waals surface area contributed by atoms with Gasteiger partial charge in [0.25, 0.3) is 5.91 Å². The maximum absolute atomic E-state index is 11.5. The zero-order valence-corrected chi connectivity index (χ0v) is 9.47. The van der Waals surface area contributed by atoms with Gasteiger partial charge in [-0.05, 0) is 19.1 Å². The van der Waals surface area contributed by atoms with Crippen molar-refractivity contribution < 1.29 is 14.3 Å². The first-order valence-electron chi connectivity index (χ1n) is 5.11. The molecule has 4 heteroatoms. The number of hydrogen-bond donors (Lipinski definition) is 1. The molecule has 88 valence electrons. The van der Waals surface area contributed by atoms with Crippen LogP contribution in [0, 0.1) is 12.3 Å². The van der Waals surface area contributed by atoms with Crippen LogP contribution in [0.2, 0.25) is 0 Å². The molecule has 0 fully saturated rings. The molecule has 0 spiro atoms. The van der Waals surface area contributed by atoms with Gasteiger partial charge in [0.05, 0.1) is 12.1 Å². The molecule has 0 heterocycles. The van der Waals surface area contributed by atoms with E-state index in [0.29, 0.717) is 17.6 Å². The van der Waals surface area contributed by atoms with E-state index in [1.807, 2.05) is 0 Å². The molecule has 1 aromatic rings. The molecular formula is C13H13NO3.